The van der Waals surface area contributed by atoms with Gasteiger partial charge in [0.15, 0.2) is 0 Å². The van der Waals surface area contributed by atoms with Crippen molar-refractivity contribution in [3.63, 3.8) is 0 Å². The number of para-hydroxylation sites is 1. The summed E-state index contributed by atoms with van der Waals surface area (Å²) >= 11 is 0. The molecular weight excluding hydrogens is 322 g/mol. The van der Waals surface area contributed by atoms with E-state index in [1.54, 1.807) is 18.1 Å². The third kappa shape index (κ3) is 3.75. The summed E-state index contributed by atoms with van der Waals surface area (Å²) in [4.78, 5) is 20.9. The highest BCUT2D eigenvalue weighted by molar-refractivity contribution is 6.04. The molecule has 1 amide bonds. The molecule has 26 heavy (non-hydrogen) atoms. The second kappa shape index (κ2) is 7.83. The van der Waals surface area contributed by atoms with Crippen molar-refractivity contribution in [1.82, 2.24) is 4.98 Å². The van der Waals surface area contributed by atoms with Gasteiger partial charge in [0.05, 0.1) is 0 Å². The molecule has 0 unspecified atom stereocenters. The summed E-state index contributed by atoms with van der Waals surface area (Å²) in [5, 5.41) is 0. The zero-order valence-corrected chi connectivity index (χ0v) is 15.4. The van der Waals surface area contributed by atoms with Crippen LogP contribution >= 0.6 is 0 Å². The van der Waals surface area contributed by atoms with Gasteiger partial charge in [0.1, 0.15) is 5.69 Å². The molecule has 0 aliphatic carbocycles. The summed E-state index contributed by atoms with van der Waals surface area (Å²) < 4.78 is 0. The molecule has 0 saturated heterocycles. The average molecular weight is 345 g/mol. The second-order valence-electron chi connectivity index (χ2n) is 6.18. The van der Waals surface area contributed by atoms with Crippen LogP contribution in [0.1, 0.15) is 23.0 Å². The van der Waals surface area contributed by atoms with Crippen LogP contribution < -0.4 is 9.80 Å². The maximum absolute atomic E-state index is 12.8. The van der Waals surface area contributed by atoms with Crippen LogP contribution in [0, 0.1) is 6.92 Å². The Labute approximate surface area is 154 Å². The number of rotatable bonds is 5. The third-order valence-corrected chi connectivity index (χ3v) is 4.35. The van der Waals surface area contributed by atoms with E-state index in [2.05, 4.69) is 41.9 Å². The van der Waals surface area contributed by atoms with E-state index in [9.17, 15) is 4.79 Å². The molecule has 0 aliphatic heterocycles. The first-order valence-electron chi connectivity index (χ1n) is 8.73. The molecule has 132 valence electrons. The molecule has 1 heterocycles. The van der Waals surface area contributed by atoms with Crippen molar-refractivity contribution in [3.8, 4) is 0 Å². The van der Waals surface area contributed by atoms with Gasteiger partial charge < -0.3 is 9.80 Å². The van der Waals surface area contributed by atoms with Gasteiger partial charge in [0, 0.05) is 36.9 Å². The largest absolute Gasteiger partial charge is 0.342 e. The first-order chi connectivity index (χ1) is 12.6. The first-order valence-corrected chi connectivity index (χ1v) is 8.73. The Morgan fingerprint density at radius 1 is 0.923 bits per heavy atom. The lowest BCUT2D eigenvalue weighted by molar-refractivity contribution is 0.0988. The summed E-state index contributed by atoms with van der Waals surface area (Å²) in [7, 11) is 1.77. The Bertz CT molecular complexity index is 893. The van der Waals surface area contributed by atoms with E-state index in [1.165, 1.54) is 5.56 Å². The predicted molar refractivity (Wildman–Crippen MR) is 107 cm³/mol. The fourth-order valence-electron chi connectivity index (χ4n) is 2.96. The van der Waals surface area contributed by atoms with Gasteiger partial charge >= 0.3 is 0 Å². The number of pyridine rings is 1. The van der Waals surface area contributed by atoms with E-state index in [-0.39, 0.29) is 5.91 Å². The molecule has 3 rings (SSSR count). The van der Waals surface area contributed by atoms with Crippen molar-refractivity contribution >= 4 is 23.0 Å². The zero-order chi connectivity index (χ0) is 18.5. The van der Waals surface area contributed by atoms with Gasteiger partial charge in [-0.3, -0.25) is 9.78 Å². The van der Waals surface area contributed by atoms with Crippen LogP contribution in [-0.2, 0) is 0 Å². The van der Waals surface area contributed by atoms with Crippen LogP contribution in [-0.4, -0.2) is 24.5 Å². The Kier molecular flexibility index (Phi) is 5.32. The molecule has 0 saturated carbocycles. The number of amides is 1. The topological polar surface area (TPSA) is 36.4 Å². The van der Waals surface area contributed by atoms with Crippen LogP contribution in [0.15, 0.2) is 72.9 Å². The normalized spacial score (nSPS) is 10.4. The van der Waals surface area contributed by atoms with Crippen molar-refractivity contribution in [3.05, 3.63) is 84.2 Å². The van der Waals surface area contributed by atoms with E-state index < -0.39 is 0 Å². The minimum absolute atomic E-state index is 0.127. The van der Waals surface area contributed by atoms with Crippen LogP contribution in [0.2, 0.25) is 0 Å². The number of aryl methyl sites for hydroxylation is 1. The highest BCUT2D eigenvalue weighted by Gasteiger charge is 2.17. The summed E-state index contributed by atoms with van der Waals surface area (Å²) in [6.45, 7) is 4.98. The minimum atomic E-state index is -0.127. The SMILES string of the molecule is CCN(c1cccc(C)c1)c1ccnc(C(=O)N(C)c2ccccc2)c1. The van der Waals surface area contributed by atoms with Gasteiger partial charge in [-0.1, -0.05) is 30.3 Å². The smallest absolute Gasteiger partial charge is 0.276 e. The molecule has 1 aromatic heterocycles. The molecule has 0 atom stereocenters. The Hall–Kier alpha value is -3.14. The van der Waals surface area contributed by atoms with E-state index in [0.29, 0.717) is 5.69 Å². The number of aromatic nitrogens is 1. The van der Waals surface area contributed by atoms with Gasteiger partial charge in [0.25, 0.3) is 5.91 Å². The maximum Gasteiger partial charge on any atom is 0.276 e. The standard InChI is InChI=1S/C22H23N3O/c1-4-25(19-12-8-9-17(2)15-19)20-13-14-23-21(16-20)22(26)24(3)18-10-6-5-7-11-18/h5-16H,4H2,1-3H3. The summed E-state index contributed by atoms with van der Waals surface area (Å²) in [5.41, 5.74) is 4.54. The van der Waals surface area contributed by atoms with Gasteiger partial charge in [-0.05, 0) is 55.8 Å². The van der Waals surface area contributed by atoms with Crippen molar-refractivity contribution in [2.45, 2.75) is 13.8 Å². The predicted octanol–water partition coefficient (Wildman–Crippen LogP) is 4.82. The molecule has 0 N–H and O–H groups in total. The summed E-state index contributed by atoms with van der Waals surface area (Å²) in [6.07, 6.45) is 1.69. The molecule has 2 aromatic carbocycles. The lowest BCUT2D eigenvalue weighted by Gasteiger charge is -2.24. The van der Waals surface area contributed by atoms with Crippen LogP contribution in [0.5, 0.6) is 0 Å². The lowest BCUT2D eigenvalue weighted by atomic mass is 10.2. The number of carbonyl (C=O) groups is 1. The summed E-state index contributed by atoms with van der Waals surface area (Å²) in [5.74, 6) is -0.127. The van der Waals surface area contributed by atoms with Gasteiger partial charge in [-0.25, -0.2) is 0 Å². The fraction of sp³-hybridized carbons (Fsp3) is 0.182. The molecule has 4 heteroatoms. The summed E-state index contributed by atoms with van der Waals surface area (Å²) in [6, 6.07) is 21.7. The van der Waals surface area contributed by atoms with Crippen LogP contribution in [0.25, 0.3) is 0 Å². The van der Waals surface area contributed by atoms with Crippen LogP contribution in [0.3, 0.4) is 0 Å². The third-order valence-electron chi connectivity index (χ3n) is 4.35. The van der Waals surface area contributed by atoms with Crippen molar-refractivity contribution < 1.29 is 4.79 Å². The number of anilines is 3. The highest BCUT2D eigenvalue weighted by Crippen LogP contribution is 2.26. The van der Waals surface area contributed by atoms with Crippen LogP contribution in [0.4, 0.5) is 17.1 Å². The Morgan fingerprint density at radius 3 is 2.31 bits per heavy atom. The quantitative estimate of drug-likeness (QED) is 0.665. The molecule has 0 fully saturated rings. The molecule has 3 aromatic rings. The first kappa shape index (κ1) is 17.7. The van der Waals surface area contributed by atoms with E-state index in [4.69, 9.17) is 0 Å². The molecule has 0 spiro atoms. The number of benzene rings is 2. The van der Waals surface area contributed by atoms with Gasteiger partial charge in [0.2, 0.25) is 0 Å². The Morgan fingerprint density at radius 2 is 1.62 bits per heavy atom. The molecule has 4 nitrogen and oxygen atoms in total. The van der Waals surface area contributed by atoms with E-state index in [0.717, 1.165) is 23.6 Å². The van der Waals surface area contributed by atoms with Crippen molar-refractivity contribution in [1.29, 1.82) is 0 Å². The molecule has 0 aliphatic rings. The van der Waals surface area contributed by atoms with Crippen molar-refractivity contribution in [2.75, 3.05) is 23.4 Å². The minimum Gasteiger partial charge on any atom is -0.342 e. The number of nitrogens with zero attached hydrogens (tertiary/aromatic N) is 3. The molecule has 0 bridgehead atoms. The monoisotopic (exact) mass is 345 g/mol. The Balaban J connectivity index is 1.91. The molecule has 0 radical (unpaired) electrons. The van der Waals surface area contributed by atoms with Gasteiger partial charge in [-0.15, -0.1) is 0 Å². The fourth-order valence-corrected chi connectivity index (χ4v) is 2.96. The van der Waals surface area contributed by atoms with E-state index >= 15 is 0 Å². The van der Waals surface area contributed by atoms with Gasteiger partial charge in [-0.2, -0.15) is 0 Å². The number of carbonyl (C=O) groups excluding carboxylic acids is 1. The number of hydrogen-bond donors (Lipinski definition) is 0. The maximum atomic E-state index is 12.8. The second-order valence-corrected chi connectivity index (χ2v) is 6.18. The van der Waals surface area contributed by atoms with Crippen molar-refractivity contribution in [2.24, 2.45) is 0 Å². The number of hydrogen-bond acceptors (Lipinski definition) is 3. The highest BCUT2D eigenvalue weighted by atomic mass is 16.2. The zero-order valence-electron chi connectivity index (χ0n) is 15.4. The molecular formula is C22H23N3O. The average Bonchev–Trinajstić information content (AvgIpc) is 2.68. The lowest BCUT2D eigenvalue weighted by Crippen LogP contribution is -2.27. The van der Waals surface area contributed by atoms with E-state index in [1.807, 2.05) is 48.5 Å².